The third-order valence-corrected chi connectivity index (χ3v) is 1.04. The highest BCUT2D eigenvalue weighted by Gasteiger charge is 1.95. The summed E-state index contributed by atoms with van der Waals surface area (Å²) in [6, 6.07) is 1.73. The molecule has 0 fully saturated rings. The number of amidine groups is 1. The fourth-order valence-corrected chi connectivity index (χ4v) is 0.531. The molecule has 0 aliphatic rings. The quantitative estimate of drug-likeness (QED) is 0.487. The molecule has 1 rings (SSSR count). The molecule has 0 aromatic carbocycles. The lowest BCUT2D eigenvalue weighted by molar-refractivity contribution is 1.12. The van der Waals surface area contributed by atoms with Crippen LogP contribution in [-0.2, 0) is 0 Å². The van der Waals surface area contributed by atoms with Crippen LogP contribution < -0.4 is 5.73 Å². The smallest absolute Gasteiger partial charge is 0.194 e. The fourth-order valence-electron chi connectivity index (χ4n) is 0.531. The molecular formula is C6H9ClN4. The summed E-state index contributed by atoms with van der Waals surface area (Å²) in [7, 11) is 1.60. The number of nitrogens with two attached hydrogens (primary N) is 1. The largest absolute Gasteiger partial charge is 0.381 e. The predicted octanol–water partition coefficient (Wildman–Crippen LogP) is 0.233. The summed E-state index contributed by atoms with van der Waals surface area (Å²) in [4.78, 5) is 11.5. The van der Waals surface area contributed by atoms with Crippen LogP contribution in [0.15, 0.2) is 23.5 Å². The van der Waals surface area contributed by atoms with E-state index in [4.69, 9.17) is 5.73 Å². The van der Waals surface area contributed by atoms with Crippen LogP contribution in [0.4, 0.5) is 0 Å². The summed E-state index contributed by atoms with van der Waals surface area (Å²) < 4.78 is 0. The first kappa shape index (κ1) is 9.84. The Bertz CT molecular complexity index is 234. The minimum atomic E-state index is 0. The molecule has 4 nitrogen and oxygen atoms in total. The van der Waals surface area contributed by atoms with Crippen LogP contribution in [0.2, 0.25) is 0 Å². The maximum Gasteiger partial charge on any atom is 0.194 e. The van der Waals surface area contributed by atoms with Gasteiger partial charge in [0.1, 0.15) is 0 Å². The second-order valence-electron chi connectivity index (χ2n) is 1.68. The number of aliphatic imine (C=N–C) groups is 1. The Hall–Kier alpha value is -1.16. The summed E-state index contributed by atoms with van der Waals surface area (Å²) in [5, 5.41) is 0. The van der Waals surface area contributed by atoms with Crippen LogP contribution in [0.1, 0.15) is 5.82 Å². The fraction of sp³-hybridized carbons (Fsp3) is 0.167. The Morgan fingerprint density at radius 2 is 2.00 bits per heavy atom. The number of halogens is 1. The molecule has 0 spiro atoms. The van der Waals surface area contributed by atoms with E-state index in [1.54, 1.807) is 25.5 Å². The van der Waals surface area contributed by atoms with E-state index in [0.29, 0.717) is 11.7 Å². The van der Waals surface area contributed by atoms with Gasteiger partial charge in [-0.25, -0.2) is 9.97 Å². The number of hydrogen-bond acceptors (Lipinski definition) is 3. The van der Waals surface area contributed by atoms with Crippen molar-refractivity contribution in [2.45, 2.75) is 0 Å². The molecule has 11 heavy (non-hydrogen) atoms. The zero-order chi connectivity index (χ0) is 7.40. The van der Waals surface area contributed by atoms with E-state index < -0.39 is 0 Å². The molecule has 2 N–H and O–H groups in total. The van der Waals surface area contributed by atoms with Gasteiger partial charge in [0, 0.05) is 19.4 Å². The van der Waals surface area contributed by atoms with E-state index in [2.05, 4.69) is 15.0 Å². The lowest BCUT2D eigenvalue weighted by Crippen LogP contribution is -2.16. The zero-order valence-corrected chi connectivity index (χ0v) is 6.88. The molecule has 0 atom stereocenters. The van der Waals surface area contributed by atoms with Crippen molar-refractivity contribution < 1.29 is 0 Å². The maximum absolute atomic E-state index is 5.42. The number of rotatable bonds is 1. The average molecular weight is 173 g/mol. The zero-order valence-electron chi connectivity index (χ0n) is 6.06. The van der Waals surface area contributed by atoms with Crippen molar-refractivity contribution in [2.24, 2.45) is 10.7 Å². The molecule has 1 heterocycles. The van der Waals surface area contributed by atoms with Gasteiger partial charge in [-0.1, -0.05) is 0 Å². The molecule has 1 aromatic rings. The Kier molecular flexibility index (Phi) is 4.14. The molecule has 0 bridgehead atoms. The number of hydrogen-bond donors (Lipinski definition) is 1. The van der Waals surface area contributed by atoms with Gasteiger partial charge in [-0.3, -0.25) is 4.99 Å². The van der Waals surface area contributed by atoms with E-state index in [-0.39, 0.29) is 12.4 Å². The van der Waals surface area contributed by atoms with Gasteiger partial charge in [0.25, 0.3) is 0 Å². The SMILES string of the molecule is CN=C(N)c1ncccn1.Cl. The average Bonchev–Trinajstić information content (AvgIpc) is 2.05. The van der Waals surface area contributed by atoms with Crippen LogP contribution in [0.3, 0.4) is 0 Å². The van der Waals surface area contributed by atoms with Crippen LogP contribution in [-0.4, -0.2) is 22.9 Å². The van der Waals surface area contributed by atoms with Gasteiger partial charge in [0.15, 0.2) is 11.7 Å². The molecule has 5 heteroatoms. The lowest BCUT2D eigenvalue weighted by Gasteiger charge is -1.93. The lowest BCUT2D eigenvalue weighted by atomic mass is 10.5. The van der Waals surface area contributed by atoms with E-state index in [1.807, 2.05) is 0 Å². The number of nitrogens with zero attached hydrogens (tertiary/aromatic N) is 3. The molecule has 0 unspecified atom stereocenters. The van der Waals surface area contributed by atoms with Crippen LogP contribution in [0.5, 0.6) is 0 Å². The van der Waals surface area contributed by atoms with Gasteiger partial charge < -0.3 is 5.73 Å². The summed E-state index contributed by atoms with van der Waals surface area (Å²) in [5.74, 6) is 0.839. The molecule has 0 aliphatic heterocycles. The highest BCUT2D eigenvalue weighted by Crippen LogP contribution is 1.84. The van der Waals surface area contributed by atoms with Gasteiger partial charge in [-0.2, -0.15) is 0 Å². The Balaban J connectivity index is 0.000001000. The molecular weight excluding hydrogens is 164 g/mol. The van der Waals surface area contributed by atoms with E-state index in [1.165, 1.54) is 0 Å². The normalized spacial score (nSPS) is 10.5. The third kappa shape index (κ3) is 2.51. The van der Waals surface area contributed by atoms with Crippen molar-refractivity contribution >= 4 is 18.2 Å². The summed E-state index contributed by atoms with van der Waals surface area (Å²) in [6.45, 7) is 0. The van der Waals surface area contributed by atoms with Crippen molar-refractivity contribution in [2.75, 3.05) is 7.05 Å². The number of aromatic nitrogens is 2. The topological polar surface area (TPSA) is 64.2 Å². The third-order valence-electron chi connectivity index (χ3n) is 1.04. The van der Waals surface area contributed by atoms with E-state index >= 15 is 0 Å². The molecule has 0 saturated heterocycles. The van der Waals surface area contributed by atoms with Crippen LogP contribution >= 0.6 is 12.4 Å². The summed E-state index contributed by atoms with van der Waals surface area (Å²) in [5.41, 5.74) is 5.42. The molecule has 0 saturated carbocycles. The standard InChI is InChI=1S/C6H8N4.ClH/c1-8-5(7)6-9-3-2-4-10-6;/h2-4H,1H3,(H2,7,8);1H. The minimum absolute atomic E-state index is 0. The minimum Gasteiger partial charge on any atom is -0.381 e. The Morgan fingerprint density at radius 3 is 2.45 bits per heavy atom. The maximum atomic E-state index is 5.42. The Morgan fingerprint density at radius 1 is 1.45 bits per heavy atom. The van der Waals surface area contributed by atoms with Gasteiger partial charge in [-0.05, 0) is 6.07 Å². The predicted molar refractivity (Wildman–Crippen MR) is 45.9 cm³/mol. The van der Waals surface area contributed by atoms with Crippen LogP contribution in [0.25, 0.3) is 0 Å². The first-order valence-electron chi connectivity index (χ1n) is 2.84. The first-order valence-corrected chi connectivity index (χ1v) is 2.84. The van der Waals surface area contributed by atoms with Crippen molar-refractivity contribution in [1.82, 2.24) is 9.97 Å². The van der Waals surface area contributed by atoms with Gasteiger partial charge in [-0.15, -0.1) is 12.4 Å². The van der Waals surface area contributed by atoms with E-state index in [9.17, 15) is 0 Å². The summed E-state index contributed by atoms with van der Waals surface area (Å²) >= 11 is 0. The second kappa shape index (κ2) is 4.62. The summed E-state index contributed by atoms with van der Waals surface area (Å²) in [6.07, 6.45) is 3.25. The van der Waals surface area contributed by atoms with Gasteiger partial charge in [0.05, 0.1) is 0 Å². The van der Waals surface area contributed by atoms with Crippen LogP contribution in [0, 0.1) is 0 Å². The van der Waals surface area contributed by atoms with Crippen molar-refractivity contribution in [1.29, 1.82) is 0 Å². The van der Waals surface area contributed by atoms with Crippen molar-refractivity contribution in [3.05, 3.63) is 24.3 Å². The Labute approximate surface area is 71.0 Å². The van der Waals surface area contributed by atoms with Gasteiger partial charge in [0.2, 0.25) is 0 Å². The molecule has 0 radical (unpaired) electrons. The highest BCUT2D eigenvalue weighted by atomic mass is 35.5. The second-order valence-corrected chi connectivity index (χ2v) is 1.68. The molecule has 60 valence electrons. The molecule has 0 amide bonds. The molecule has 1 aromatic heterocycles. The molecule has 0 aliphatic carbocycles. The van der Waals surface area contributed by atoms with Gasteiger partial charge >= 0.3 is 0 Å². The monoisotopic (exact) mass is 172 g/mol. The highest BCUT2D eigenvalue weighted by molar-refractivity contribution is 5.93. The van der Waals surface area contributed by atoms with Crippen molar-refractivity contribution in [3.63, 3.8) is 0 Å². The van der Waals surface area contributed by atoms with E-state index in [0.717, 1.165) is 0 Å². The van der Waals surface area contributed by atoms with Crippen molar-refractivity contribution in [3.8, 4) is 0 Å². The first-order chi connectivity index (χ1) is 4.84.